The fraction of sp³-hybridized carbons (Fsp3) is 0.250. The van der Waals surface area contributed by atoms with E-state index in [1.54, 1.807) is 0 Å². The molecule has 2 unspecified atom stereocenters. The van der Waals surface area contributed by atoms with Crippen LogP contribution in [0, 0.1) is 0 Å². The maximum absolute atomic E-state index is 5.77. The maximum Gasteiger partial charge on any atom is 0.0793 e. The molecule has 0 amide bonds. The van der Waals surface area contributed by atoms with E-state index in [9.17, 15) is 0 Å². The minimum absolute atomic E-state index is 0.707. The normalized spacial score (nSPS) is 28.8. The average Bonchev–Trinajstić information content (AvgIpc) is 2.69. The van der Waals surface area contributed by atoms with Crippen molar-refractivity contribution in [2.24, 2.45) is 0 Å². The lowest BCUT2D eigenvalue weighted by molar-refractivity contribution is 0.817. The van der Waals surface area contributed by atoms with Gasteiger partial charge in [-0.2, -0.15) is 0 Å². The zero-order valence-electron chi connectivity index (χ0n) is 6.42. The summed E-state index contributed by atoms with van der Waals surface area (Å²) >= 11 is 5.77. The van der Waals surface area contributed by atoms with Gasteiger partial charge in [0, 0.05) is 17.6 Å². The molecule has 58 valence electrons. The first kappa shape index (κ1) is 7.34. The smallest absolute Gasteiger partial charge is 0.0793 e. The van der Waals surface area contributed by atoms with E-state index in [0.29, 0.717) is 6.04 Å². The van der Waals surface area contributed by atoms with Gasteiger partial charge >= 0.3 is 0 Å². The molecule has 0 spiro atoms. The third-order valence-corrected chi connectivity index (χ3v) is 3.35. The van der Waals surface area contributed by atoms with Gasteiger partial charge in [-0.15, -0.1) is 0 Å². The van der Waals surface area contributed by atoms with Crippen LogP contribution < -0.4 is 0 Å². The SMILES string of the molecule is [SiH3]N1CC1c1ccc(Cl)cc1. The Bertz CT molecular complexity index is 259. The molecule has 1 fully saturated rings. The first-order valence-electron chi connectivity index (χ1n) is 3.73. The van der Waals surface area contributed by atoms with Gasteiger partial charge in [-0.25, -0.2) is 0 Å². The highest BCUT2D eigenvalue weighted by Crippen LogP contribution is 2.32. The molecule has 1 nitrogen and oxygen atoms in total. The van der Waals surface area contributed by atoms with Gasteiger partial charge in [0.15, 0.2) is 0 Å². The van der Waals surface area contributed by atoms with Gasteiger partial charge in [-0.1, -0.05) is 23.7 Å². The molecule has 0 aliphatic carbocycles. The molecule has 0 radical (unpaired) electrons. The van der Waals surface area contributed by atoms with Gasteiger partial charge in [0.05, 0.1) is 10.4 Å². The monoisotopic (exact) mass is 183 g/mol. The first-order valence-corrected chi connectivity index (χ1v) is 5.00. The highest BCUT2D eigenvalue weighted by atomic mass is 35.5. The molecule has 0 aromatic heterocycles. The van der Waals surface area contributed by atoms with Crippen molar-refractivity contribution in [1.82, 2.24) is 4.57 Å². The first-order chi connectivity index (χ1) is 5.27. The summed E-state index contributed by atoms with van der Waals surface area (Å²) in [7, 11) is 1.18. The minimum atomic E-state index is 0.707. The molecule has 2 atom stereocenters. The predicted molar refractivity (Wildman–Crippen MR) is 50.8 cm³/mol. The summed E-state index contributed by atoms with van der Waals surface area (Å²) < 4.78 is 2.43. The average molecular weight is 184 g/mol. The third-order valence-electron chi connectivity index (χ3n) is 2.11. The summed E-state index contributed by atoms with van der Waals surface area (Å²) in [4.78, 5) is 0. The maximum atomic E-state index is 5.77. The van der Waals surface area contributed by atoms with Gasteiger partial charge in [0.1, 0.15) is 0 Å². The third kappa shape index (κ3) is 1.48. The molecule has 2 rings (SSSR count). The summed E-state index contributed by atoms with van der Waals surface area (Å²) in [6.07, 6.45) is 0. The number of benzene rings is 1. The van der Waals surface area contributed by atoms with Crippen LogP contribution in [0.25, 0.3) is 0 Å². The lowest BCUT2D eigenvalue weighted by Crippen LogP contribution is -1.88. The molecule has 3 heteroatoms. The second kappa shape index (κ2) is 2.63. The molecule has 1 aromatic carbocycles. The second-order valence-corrected chi connectivity index (χ2v) is 4.59. The van der Waals surface area contributed by atoms with Crippen molar-refractivity contribution in [1.29, 1.82) is 0 Å². The van der Waals surface area contributed by atoms with Gasteiger partial charge in [0.2, 0.25) is 0 Å². The number of nitrogens with zero attached hydrogens (tertiary/aromatic N) is 1. The summed E-state index contributed by atoms with van der Waals surface area (Å²) in [5.41, 5.74) is 1.41. The second-order valence-electron chi connectivity index (χ2n) is 3.01. The van der Waals surface area contributed by atoms with Crippen LogP contribution in [0.4, 0.5) is 0 Å². The van der Waals surface area contributed by atoms with Crippen molar-refractivity contribution in [2.45, 2.75) is 6.04 Å². The van der Waals surface area contributed by atoms with Crippen LogP contribution in [0.1, 0.15) is 11.6 Å². The topological polar surface area (TPSA) is 3.01 Å². The number of halogens is 1. The zero-order valence-corrected chi connectivity index (χ0v) is 9.17. The van der Waals surface area contributed by atoms with Crippen LogP contribution in [0.2, 0.25) is 5.02 Å². The molecule has 1 heterocycles. The highest BCUT2D eigenvalue weighted by molar-refractivity contribution is 6.30. The van der Waals surface area contributed by atoms with Crippen LogP contribution in [-0.2, 0) is 0 Å². The Morgan fingerprint density at radius 3 is 2.36 bits per heavy atom. The van der Waals surface area contributed by atoms with E-state index < -0.39 is 0 Å². The van der Waals surface area contributed by atoms with E-state index in [1.807, 2.05) is 12.1 Å². The Balaban J connectivity index is 2.21. The summed E-state index contributed by atoms with van der Waals surface area (Å²) in [6.45, 7) is 1.24. The molecule has 0 saturated carbocycles. The molecule has 0 N–H and O–H groups in total. The van der Waals surface area contributed by atoms with Gasteiger partial charge in [-0.3, -0.25) is 0 Å². The zero-order chi connectivity index (χ0) is 7.84. The fourth-order valence-electron chi connectivity index (χ4n) is 1.27. The minimum Gasteiger partial charge on any atom is -0.323 e. The molecule has 1 aliphatic heterocycles. The van der Waals surface area contributed by atoms with Crippen LogP contribution in [0.5, 0.6) is 0 Å². The molecule has 0 bridgehead atoms. The molecule has 1 saturated heterocycles. The largest absolute Gasteiger partial charge is 0.323 e. The Morgan fingerprint density at radius 1 is 1.36 bits per heavy atom. The fourth-order valence-corrected chi connectivity index (χ4v) is 2.04. The van der Waals surface area contributed by atoms with Gasteiger partial charge < -0.3 is 4.57 Å². The van der Waals surface area contributed by atoms with Crippen molar-refractivity contribution in [2.75, 3.05) is 6.54 Å². The molecule has 1 aliphatic rings. The van der Waals surface area contributed by atoms with Crippen molar-refractivity contribution in [3.8, 4) is 0 Å². The van der Waals surface area contributed by atoms with Crippen molar-refractivity contribution in [3.05, 3.63) is 34.9 Å². The van der Waals surface area contributed by atoms with Gasteiger partial charge in [-0.05, 0) is 17.7 Å². The van der Waals surface area contributed by atoms with Crippen LogP contribution in [0.15, 0.2) is 24.3 Å². The van der Waals surface area contributed by atoms with Crippen LogP contribution in [0.3, 0.4) is 0 Å². The Kier molecular flexibility index (Phi) is 1.75. The van der Waals surface area contributed by atoms with E-state index >= 15 is 0 Å². The van der Waals surface area contributed by atoms with E-state index in [2.05, 4.69) is 16.7 Å². The van der Waals surface area contributed by atoms with E-state index in [0.717, 1.165) is 5.02 Å². The lowest BCUT2D eigenvalue weighted by Gasteiger charge is -1.97. The van der Waals surface area contributed by atoms with Crippen molar-refractivity contribution in [3.63, 3.8) is 0 Å². The summed E-state index contributed by atoms with van der Waals surface area (Å²) in [5.74, 6) is 0. The lowest BCUT2D eigenvalue weighted by atomic mass is 10.2. The standard InChI is InChI=1S/C8H10ClNSi/c9-7-3-1-6(2-4-7)8-5-10(8)11/h1-4,8H,5H2,11H3. The predicted octanol–water partition coefficient (Wildman–Crippen LogP) is 0.977. The highest BCUT2D eigenvalue weighted by Gasteiger charge is 2.30. The molecular weight excluding hydrogens is 174 g/mol. The van der Waals surface area contributed by atoms with Gasteiger partial charge in [0.25, 0.3) is 0 Å². The quantitative estimate of drug-likeness (QED) is 0.464. The molecular formula is C8H10ClNSi. The van der Waals surface area contributed by atoms with Crippen molar-refractivity contribution < 1.29 is 0 Å². The summed E-state index contributed by atoms with van der Waals surface area (Å²) in [5, 5.41) is 0.828. The number of hydrogen-bond acceptors (Lipinski definition) is 1. The van der Waals surface area contributed by atoms with E-state index in [4.69, 9.17) is 11.6 Å². The Labute approximate surface area is 74.5 Å². The van der Waals surface area contributed by atoms with E-state index in [1.165, 1.54) is 22.5 Å². The molecule has 11 heavy (non-hydrogen) atoms. The summed E-state index contributed by atoms with van der Waals surface area (Å²) in [6, 6.07) is 8.87. The Hall–Kier alpha value is -0.313. The van der Waals surface area contributed by atoms with E-state index in [-0.39, 0.29) is 0 Å². The van der Waals surface area contributed by atoms with Crippen LogP contribution >= 0.6 is 11.6 Å². The molecule has 1 aromatic rings. The number of hydrogen-bond donors (Lipinski definition) is 0. The van der Waals surface area contributed by atoms with Crippen molar-refractivity contribution >= 4 is 22.0 Å². The number of rotatable bonds is 1. The van der Waals surface area contributed by atoms with Crippen LogP contribution in [-0.4, -0.2) is 21.5 Å². The Morgan fingerprint density at radius 2 is 1.91 bits per heavy atom.